The van der Waals surface area contributed by atoms with Crippen molar-refractivity contribution in [1.29, 1.82) is 0 Å². The monoisotopic (exact) mass is 237 g/mol. The van der Waals surface area contributed by atoms with Crippen LogP contribution in [0.3, 0.4) is 0 Å². The minimum atomic E-state index is -0.553. The summed E-state index contributed by atoms with van der Waals surface area (Å²) in [6, 6.07) is 1.42. The van der Waals surface area contributed by atoms with Gasteiger partial charge in [0.2, 0.25) is 0 Å². The first-order valence-corrected chi connectivity index (χ1v) is 5.71. The number of hydrogen-bond acceptors (Lipinski definition) is 3. The molecular formula is C12H17BFNO2. The third-order valence-corrected chi connectivity index (χ3v) is 3.60. The molecule has 1 aromatic rings. The van der Waals surface area contributed by atoms with Crippen molar-refractivity contribution in [3.8, 4) is 0 Å². The lowest BCUT2D eigenvalue weighted by Crippen LogP contribution is -2.41. The smallest absolute Gasteiger partial charge is 0.399 e. The van der Waals surface area contributed by atoms with Gasteiger partial charge in [-0.1, -0.05) is 0 Å². The van der Waals surface area contributed by atoms with Crippen LogP contribution in [-0.2, 0) is 9.31 Å². The zero-order chi connectivity index (χ0) is 12.8. The lowest BCUT2D eigenvalue weighted by atomic mass is 9.78. The highest BCUT2D eigenvalue weighted by Gasteiger charge is 2.52. The Morgan fingerprint density at radius 3 is 2.24 bits per heavy atom. The Labute approximate surface area is 101 Å². The molecule has 2 heterocycles. The predicted octanol–water partition coefficient (Wildman–Crippen LogP) is 1.83. The summed E-state index contributed by atoms with van der Waals surface area (Å²) in [4.78, 5) is 3.98. The summed E-state index contributed by atoms with van der Waals surface area (Å²) in [5, 5.41) is 0. The molecule has 2 rings (SSSR count). The molecule has 0 spiro atoms. The van der Waals surface area contributed by atoms with E-state index in [-0.39, 0.29) is 5.82 Å². The van der Waals surface area contributed by atoms with Gasteiger partial charge in [0.25, 0.3) is 0 Å². The Balaban J connectivity index is 2.35. The number of aromatic nitrogens is 1. The molecule has 0 saturated carbocycles. The van der Waals surface area contributed by atoms with Gasteiger partial charge in [-0.15, -0.1) is 0 Å². The van der Waals surface area contributed by atoms with E-state index in [1.807, 2.05) is 34.6 Å². The van der Waals surface area contributed by atoms with E-state index in [1.165, 1.54) is 12.3 Å². The van der Waals surface area contributed by atoms with Gasteiger partial charge in [0.15, 0.2) is 0 Å². The number of rotatable bonds is 1. The third-order valence-electron chi connectivity index (χ3n) is 3.60. The highest BCUT2D eigenvalue weighted by Crippen LogP contribution is 2.36. The van der Waals surface area contributed by atoms with Crippen molar-refractivity contribution in [2.24, 2.45) is 0 Å². The summed E-state index contributed by atoms with van der Waals surface area (Å²) in [6.45, 7) is 9.69. The Bertz CT molecular complexity index is 432. The number of nitrogens with zero attached hydrogens (tertiary/aromatic N) is 1. The second-order valence-corrected chi connectivity index (χ2v) is 5.42. The maximum Gasteiger partial charge on any atom is 0.496 e. The molecule has 0 N–H and O–H groups in total. The first kappa shape index (κ1) is 12.5. The molecule has 0 bridgehead atoms. The van der Waals surface area contributed by atoms with Gasteiger partial charge >= 0.3 is 7.12 Å². The largest absolute Gasteiger partial charge is 0.496 e. The van der Waals surface area contributed by atoms with E-state index in [0.717, 1.165) is 5.69 Å². The van der Waals surface area contributed by atoms with Crippen molar-refractivity contribution >= 4 is 12.6 Å². The van der Waals surface area contributed by atoms with Crippen LogP contribution in [-0.4, -0.2) is 23.3 Å². The zero-order valence-electron chi connectivity index (χ0n) is 10.9. The molecule has 1 aliphatic rings. The third kappa shape index (κ3) is 2.09. The van der Waals surface area contributed by atoms with Gasteiger partial charge in [0, 0.05) is 11.2 Å². The predicted molar refractivity (Wildman–Crippen MR) is 64.6 cm³/mol. The van der Waals surface area contributed by atoms with Gasteiger partial charge in [-0.2, -0.15) is 0 Å². The van der Waals surface area contributed by atoms with Crippen molar-refractivity contribution in [3.05, 3.63) is 23.8 Å². The van der Waals surface area contributed by atoms with Crippen LogP contribution in [0.25, 0.3) is 0 Å². The maximum absolute atomic E-state index is 13.2. The topological polar surface area (TPSA) is 31.4 Å². The summed E-state index contributed by atoms with van der Waals surface area (Å²) in [5.74, 6) is -0.375. The molecule has 1 aromatic heterocycles. The Hall–Kier alpha value is -0.935. The van der Waals surface area contributed by atoms with Gasteiger partial charge in [-0.3, -0.25) is 4.98 Å². The second-order valence-electron chi connectivity index (χ2n) is 5.42. The van der Waals surface area contributed by atoms with Crippen molar-refractivity contribution in [2.45, 2.75) is 45.8 Å². The zero-order valence-corrected chi connectivity index (χ0v) is 10.9. The van der Waals surface area contributed by atoms with E-state index in [4.69, 9.17) is 9.31 Å². The van der Waals surface area contributed by atoms with E-state index in [2.05, 4.69) is 4.98 Å². The van der Waals surface area contributed by atoms with Crippen molar-refractivity contribution in [3.63, 3.8) is 0 Å². The van der Waals surface area contributed by atoms with E-state index < -0.39 is 18.3 Å². The molecule has 0 aromatic carbocycles. The minimum absolute atomic E-state index is 0.375. The van der Waals surface area contributed by atoms with Crippen LogP contribution in [0.1, 0.15) is 33.4 Å². The molecule has 17 heavy (non-hydrogen) atoms. The summed E-state index contributed by atoms with van der Waals surface area (Å²) >= 11 is 0. The minimum Gasteiger partial charge on any atom is -0.399 e. The lowest BCUT2D eigenvalue weighted by Gasteiger charge is -2.32. The summed E-state index contributed by atoms with van der Waals surface area (Å²) in [5.41, 5.74) is 0.542. The first-order chi connectivity index (χ1) is 7.73. The molecule has 0 aliphatic carbocycles. The molecule has 0 radical (unpaired) electrons. The lowest BCUT2D eigenvalue weighted by molar-refractivity contribution is 0.00578. The Kier molecular flexibility index (Phi) is 2.79. The number of aryl methyl sites for hydroxylation is 1. The first-order valence-electron chi connectivity index (χ1n) is 5.71. The molecule has 0 atom stereocenters. The Morgan fingerprint density at radius 2 is 1.71 bits per heavy atom. The molecular weight excluding hydrogens is 220 g/mol. The number of hydrogen-bond donors (Lipinski definition) is 0. The molecule has 5 heteroatoms. The highest BCUT2D eigenvalue weighted by molar-refractivity contribution is 6.62. The molecule has 0 unspecified atom stereocenters. The second kappa shape index (κ2) is 3.78. The van der Waals surface area contributed by atoms with E-state index in [9.17, 15) is 4.39 Å². The van der Waals surface area contributed by atoms with Crippen LogP contribution in [0.4, 0.5) is 4.39 Å². The van der Waals surface area contributed by atoms with Crippen LogP contribution in [0.15, 0.2) is 12.3 Å². The van der Waals surface area contributed by atoms with Gasteiger partial charge in [-0.05, 0) is 40.7 Å². The van der Waals surface area contributed by atoms with Crippen molar-refractivity contribution in [2.75, 3.05) is 0 Å². The molecule has 92 valence electrons. The molecule has 3 nitrogen and oxygen atoms in total. The standard InChI is InChI=1S/C12H17BFNO2/c1-8-10(6-9(14)7-15-8)13-16-11(2,3)12(4,5)17-13/h6-7H,1-5H3. The molecule has 0 amide bonds. The molecule has 1 saturated heterocycles. The highest BCUT2D eigenvalue weighted by atomic mass is 19.1. The Morgan fingerprint density at radius 1 is 1.18 bits per heavy atom. The number of halogens is 1. The quantitative estimate of drug-likeness (QED) is 0.698. The molecule has 1 fully saturated rings. The number of pyridine rings is 1. The van der Waals surface area contributed by atoms with Crippen LogP contribution in [0.5, 0.6) is 0 Å². The van der Waals surface area contributed by atoms with Gasteiger partial charge in [0.05, 0.1) is 17.4 Å². The van der Waals surface area contributed by atoms with Gasteiger partial charge < -0.3 is 9.31 Å². The van der Waals surface area contributed by atoms with Crippen LogP contribution < -0.4 is 5.46 Å². The van der Waals surface area contributed by atoms with Crippen molar-refractivity contribution in [1.82, 2.24) is 4.98 Å². The van der Waals surface area contributed by atoms with Crippen LogP contribution >= 0.6 is 0 Å². The summed E-state index contributed by atoms with van der Waals surface area (Å²) in [7, 11) is -0.553. The summed E-state index contributed by atoms with van der Waals surface area (Å²) in [6.07, 6.45) is 1.20. The average Bonchev–Trinajstić information content (AvgIpc) is 2.40. The van der Waals surface area contributed by atoms with E-state index >= 15 is 0 Å². The molecule has 1 aliphatic heterocycles. The normalized spacial score (nSPS) is 21.9. The van der Waals surface area contributed by atoms with Crippen LogP contribution in [0, 0.1) is 12.7 Å². The summed E-state index contributed by atoms with van der Waals surface area (Å²) < 4.78 is 24.9. The fourth-order valence-electron chi connectivity index (χ4n) is 1.73. The SMILES string of the molecule is Cc1ncc(F)cc1B1OC(C)(C)C(C)(C)O1. The van der Waals surface area contributed by atoms with Crippen molar-refractivity contribution < 1.29 is 13.7 Å². The maximum atomic E-state index is 13.2. The van der Waals surface area contributed by atoms with E-state index in [1.54, 1.807) is 0 Å². The fraction of sp³-hybridized carbons (Fsp3) is 0.583. The van der Waals surface area contributed by atoms with Crippen LogP contribution in [0.2, 0.25) is 0 Å². The average molecular weight is 237 g/mol. The van der Waals surface area contributed by atoms with Gasteiger partial charge in [0.1, 0.15) is 5.82 Å². The fourth-order valence-corrected chi connectivity index (χ4v) is 1.73. The van der Waals surface area contributed by atoms with E-state index in [0.29, 0.717) is 5.46 Å². The van der Waals surface area contributed by atoms with Gasteiger partial charge in [-0.25, -0.2) is 4.39 Å².